The number of benzene rings is 1. The highest BCUT2D eigenvalue weighted by Gasteiger charge is 2.22. The lowest BCUT2D eigenvalue weighted by Gasteiger charge is -1.92. The second-order valence-electron chi connectivity index (χ2n) is 2.93. The summed E-state index contributed by atoms with van der Waals surface area (Å²) in [6.07, 6.45) is -3.07. The molecule has 0 spiro atoms. The van der Waals surface area contributed by atoms with Crippen molar-refractivity contribution >= 4 is 28.4 Å². The van der Waals surface area contributed by atoms with Crippen LogP contribution in [0.5, 0.6) is 0 Å². The Labute approximate surface area is 88.4 Å². The maximum atomic E-state index is 12.1. The smallest absolute Gasteiger partial charge is 0.303 e. The van der Waals surface area contributed by atoms with Crippen LogP contribution in [-0.2, 0) is 0 Å². The molecule has 1 aromatic heterocycles. The molecule has 0 atom stereocenters. The van der Waals surface area contributed by atoms with E-state index in [-0.39, 0.29) is 11.3 Å². The first-order valence-electron chi connectivity index (χ1n) is 4.10. The second kappa shape index (κ2) is 3.62. The Morgan fingerprint density at radius 1 is 1.40 bits per heavy atom. The lowest BCUT2D eigenvalue weighted by atomic mass is 10.2. The summed E-state index contributed by atoms with van der Waals surface area (Å²) >= 11 is 5.76. The van der Waals surface area contributed by atoms with E-state index >= 15 is 0 Å². The average Bonchev–Trinajstić information content (AvgIpc) is 2.61. The van der Waals surface area contributed by atoms with Crippen molar-refractivity contribution in [1.29, 1.82) is 0 Å². The second-order valence-corrected chi connectivity index (χ2v) is 3.34. The van der Waals surface area contributed by atoms with Crippen LogP contribution in [0.15, 0.2) is 28.7 Å². The fourth-order valence-electron chi connectivity index (χ4n) is 1.26. The van der Waals surface area contributed by atoms with E-state index in [1.165, 1.54) is 6.07 Å². The molecule has 0 aliphatic heterocycles. The molecule has 1 aromatic carbocycles. The summed E-state index contributed by atoms with van der Waals surface area (Å²) in [4.78, 5) is 10.9. The Bertz CT molecular complexity index is 519. The standard InChI is InChI=1S/C10H5ClF2O2/c11-6-3-1-2-5-4-7(15-9(5)6)8(14)10(12)13/h1-4,10H. The van der Waals surface area contributed by atoms with Gasteiger partial charge in [-0.3, -0.25) is 4.79 Å². The summed E-state index contributed by atoms with van der Waals surface area (Å²) in [6.45, 7) is 0. The number of halogens is 3. The van der Waals surface area contributed by atoms with Crippen LogP contribution in [0.25, 0.3) is 11.0 Å². The molecule has 0 aliphatic carbocycles. The third-order valence-electron chi connectivity index (χ3n) is 1.94. The average molecular weight is 231 g/mol. The van der Waals surface area contributed by atoms with Crippen molar-refractivity contribution < 1.29 is 18.0 Å². The first kappa shape index (κ1) is 10.1. The highest BCUT2D eigenvalue weighted by atomic mass is 35.5. The SMILES string of the molecule is O=C(c1cc2cccc(Cl)c2o1)C(F)F. The van der Waals surface area contributed by atoms with Gasteiger partial charge in [-0.1, -0.05) is 23.7 Å². The quantitative estimate of drug-likeness (QED) is 0.739. The molecule has 1 heterocycles. The van der Waals surface area contributed by atoms with E-state index in [0.717, 1.165) is 0 Å². The van der Waals surface area contributed by atoms with Crippen LogP contribution in [0.1, 0.15) is 10.6 Å². The number of Topliss-reactive ketones (excluding diaryl/α,β-unsaturated/α-hetero) is 1. The number of alkyl halides is 2. The van der Waals surface area contributed by atoms with Crippen LogP contribution >= 0.6 is 11.6 Å². The van der Waals surface area contributed by atoms with Crippen LogP contribution < -0.4 is 0 Å². The number of rotatable bonds is 2. The Morgan fingerprint density at radius 3 is 2.73 bits per heavy atom. The zero-order valence-electron chi connectivity index (χ0n) is 7.34. The first-order chi connectivity index (χ1) is 7.09. The van der Waals surface area contributed by atoms with Crippen molar-refractivity contribution in [2.24, 2.45) is 0 Å². The monoisotopic (exact) mass is 230 g/mol. The van der Waals surface area contributed by atoms with Gasteiger partial charge in [-0.2, -0.15) is 0 Å². The number of carbonyl (C=O) groups is 1. The zero-order valence-corrected chi connectivity index (χ0v) is 8.09. The van der Waals surface area contributed by atoms with E-state index < -0.39 is 12.2 Å². The molecule has 2 nitrogen and oxygen atoms in total. The fraction of sp³-hybridized carbons (Fsp3) is 0.100. The number of fused-ring (bicyclic) bond motifs is 1. The topological polar surface area (TPSA) is 30.2 Å². The van der Waals surface area contributed by atoms with Gasteiger partial charge < -0.3 is 4.42 Å². The molecule has 0 radical (unpaired) electrons. The molecule has 0 N–H and O–H groups in total. The minimum atomic E-state index is -3.07. The molecule has 0 saturated heterocycles. The van der Waals surface area contributed by atoms with Gasteiger partial charge >= 0.3 is 6.43 Å². The Kier molecular flexibility index (Phi) is 2.44. The maximum absolute atomic E-state index is 12.1. The molecule has 0 unspecified atom stereocenters. The van der Waals surface area contributed by atoms with E-state index in [1.807, 2.05) is 0 Å². The lowest BCUT2D eigenvalue weighted by Crippen LogP contribution is -2.08. The molecule has 2 rings (SSSR count). The molecule has 5 heteroatoms. The molecule has 0 aliphatic rings. The Hall–Kier alpha value is -1.42. The van der Waals surface area contributed by atoms with Gasteiger partial charge in [-0.25, -0.2) is 8.78 Å². The molecule has 0 bridgehead atoms. The molecule has 2 aromatic rings. The predicted molar refractivity (Wildman–Crippen MR) is 51.6 cm³/mol. The molecule has 0 saturated carbocycles. The molecule has 0 fully saturated rings. The molecular weight excluding hydrogens is 226 g/mol. The highest BCUT2D eigenvalue weighted by molar-refractivity contribution is 6.34. The zero-order chi connectivity index (χ0) is 11.0. The van der Waals surface area contributed by atoms with Gasteiger partial charge in [0.05, 0.1) is 5.02 Å². The Balaban J connectivity index is 2.57. The van der Waals surface area contributed by atoms with E-state index in [0.29, 0.717) is 10.4 Å². The maximum Gasteiger partial charge on any atom is 0.303 e. The van der Waals surface area contributed by atoms with E-state index in [4.69, 9.17) is 16.0 Å². The number of hydrogen-bond donors (Lipinski definition) is 0. The predicted octanol–water partition coefficient (Wildman–Crippen LogP) is 3.53. The van der Waals surface area contributed by atoms with Crippen LogP contribution in [0.3, 0.4) is 0 Å². The van der Waals surface area contributed by atoms with Gasteiger partial charge in [-0.05, 0) is 12.1 Å². The largest absolute Gasteiger partial charge is 0.451 e. The number of furan rings is 1. The first-order valence-corrected chi connectivity index (χ1v) is 4.48. The number of carbonyl (C=O) groups excluding carboxylic acids is 1. The van der Waals surface area contributed by atoms with E-state index in [1.54, 1.807) is 18.2 Å². The summed E-state index contributed by atoms with van der Waals surface area (Å²) < 4.78 is 29.2. The van der Waals surface area contributed by atoms with Crippen LogP contribution in [-0.4, -0.2) is 12.2 Å². The van der Waals surface area contributed by atoms with Crippen LogP contribution in [0, 0.1) is 0 Å². The van der Waals surface area contributed by atoms with Gasteiger partial charge in [0.15, 0.2) is 11.3 Å². The van der Waals surface area contributed by atoms with Crippen LogP contribution in [0.4, 0.5) is 8.78 Å². The van der Waals surface area contributed by atoms with Crippen LogP contribution in [0.2, 0.25) is 5.02 Å². The third kappa shape index (κ3) is 1.72. The van der Waals surface area contributed by atoms with Gasteiger partial charge in [0.1, 0.15) is 0 Å². The minimum absolute atomic E-state index is 0.253. The lowest BCUT2D eigenvalue weighted by molar-refractivity contribution is 0.0651. The van der Waals surface area contributed by atoms with Crippen molar-refractivity contribution in [3.05, 3.63) is 35.0 Å². The molecule has 78 valence electrons. The van der Waals surface area contributed by atoms with E-state index in [2.05, 4.69) is 0 Å². The number of hydrogen-bond acceptors (Lipinski definition) is 2. The number of para-hydroxylation sites is 1. The summed E-state index contributed by atoms with van der Waals surface area (Å²) in [6, 6.07) is 6.10. The van der Waals surface area contributed by atoms with E-state index in [9.17, 15) is 13.6 Å². The molecular formula is C10H5ClF2O2. The van der Waals surface area contributed by atoms with Crippen molar-refractivity contribution in [1.82, 2.24) is 0 Å². The molecule has 0 amide bonds. The number of ketones is 1. The summed E-state index contributed by atoms with van der Waals surface area (Å²) in [7, 11) is 0. The van der Waals surface area contributed by atoms with Crippen molar-refractivity contribution in [2.75, 3.05) is 0 Å². The minimum Gasteiger partial charge on any atom is -0.451 e. The van der Waals surface area contributed by atoms with Gasteiger partial charge in [0.2, 0.25) is 0 Å². The molecule has 15 heavy (non-hydrogen) atoms. The summed E-state index contributed by atoms with van der Waals surface area (Å²) in [5.74, 6) is -1.70. The van der Waals surface area contributed by atoms with Crippen molar-refractivity contribution in [3.63, 3.8) is 0 Å². The highest BCUT2D eigenvalue weighted by Crippen LogP contribution is 2.27. The normalized spacial score (nSPS) is 11.2. The van der Waals surface area contributed by atoms with Gasteiger partial charge in [0, 0.05) is 5.39 Å². The Morgan fingerprint density at radius 2 is 2.13 bits per heavy atom. The van der Waals surface area contributed by atoms with Gasteiger partial charge in [-0.15, -0.1) is 0 Å². The summed E-state index contributed by atoms with van der Waals surface area (Å²) in [5, 5.41) is 0.826. The summed E-state index contributed by atoms with van der Waals surface area (Å²) in [5.41, 5.74) is 0.253. The van der Waals surface area contributed by atoms with Gasteiger partial charge in [0.25, 0.3) is 5.78 Å². The fourth-order valence-corrected chi connectivity index (χ4v) is 1.48. The van der Waals surface area contributed by atoms with Crippen molar-refractivity contribution in [2.45, 2.75) is 6.43 Å². The third-order valence-corrected chi connectivity index (χ3v) is 2.23. The van der Waals surface area contributed by atoms with Crippen molar-refractivity contribution in [3.8, 4) is 0 Å².